The van der Waals surface area contributed by atoms with Crippen LogP contribution in [-0.4, -0.2) is 5.16 Å². The zero-order chi connectivity index (χ0) is 8.55. The SMILES string of the molecule is C=Cc1cccc2c1no[n+]2[O-]. The average molecular weight is 162 g/mol. The van der Waals surface area contributed by atoms with Crippen molar-refractivity contribution in [2.45, 2.75) is 0 Å². The Morgan fingerprint density at radius 2 is 2.42 bits per heavy atom. The number of benzene rings is 1. The lowest BCUT2D eigenvalue weighted by Gasteiger charge is -1.87. The summed E-state index contributed by atoms with van der Waals surface area (Å²) >= 11 is 0. The first-order valence-corrected chi connectivity index (χ1v) is 3.44. The molecule has 2 aromatic rings. The van der Waals surface area contributed by atoms with Gasteiger partial charge in [-0.2, -0.15) is 0 Å². The maximum Gasteiger partial charge on any atom is 0.255 e. The van der Waals surface area contributed by atoms with Gasteiger partial charge in [0.15, 0.2) is 0 Å². The van der Waals surface area contributed by atoms with Gasteiger partial charge in [-0.1, -0.05) is 24.8 Å². The van der Waals surface area contributed by atoms with Gasteiger partial charge >= 0.3 is 0 Å². The monoisotopic (exact) mass is 162 g/mol. The highest BCUT2D eigenvalue weighted by Gasteiger charge is 2.10. The summed E-state index contributed by atoms with van der Waals surface area (Å²) in [6.45, 7) is 3.60. The average Bonchev–Trinajstić information content (AvgIpc) is 2.48. The van der Waals surface area contributed by atoms with Crippen molar-refractivity contribution < 1.29 is 9.53 Å². The molecular weight excluding hydrogens is 156 g/mol. The van der Waals surface area contributed by atoms with Crippen LogP contribution >= 0.6 is 0 Å². The van der Waals surface area contributed by atoms with E-state index in [0.717, 1.165) is 5.56 Å². The van der Waals surface area contributed by atoms with Crippen LogP contribution in [0.3, 0.4) is 0 Å². The van der Waals surface area contributed by atoms with Crippen LogP contribution in [0.5, 0.6) is 0 Å². The Hall–Kier alpha value is -1.84. The van der Waals surface area contributed by atoms with Crippen molar-refractivity contribution in [2.24, 2.45) is 0 Å². The fraction of sp³-hybridized carbons (Fsp3) is 0. The van der Waals surface area contributed by atoms with Crippen molar-refractivity contribution in [3.05, 3.63) is 35.5 Å². The van der Waals surface area contributed by atoms with Gasteiger partial charge in [0.25, 0.3) is 5.52 Å². The van der Waals surface area contributed by atoms with Crippen molar-refractivity contribution in [1.82, 2.24) is 5.16 Å². The van der Waals surface area contributed by atoms with Gasteiger partial charge in [-0.3, -0.25) is 4.63 Å². The molecule has 0 radical (unpaired) electrons. The largest absolute Gasteiger partial charge is 0.359 e. The predicted molar refractivity (Wildman–Crippen MR) is 43.1 cm³/mol. The standard InChI is InChI=1S/C8H6N2O2/c1-2-6-4-3-5-7-8(6)9-12-10(7)11/h2-5H,1H2. The second kappa shape index (κ2) is 2.34. The topological polar surface area (TPSA) is 53.0 Å². The van der Waals surface area contributed by atoms with E-state index in [0.29, 0.717) is 15.9 Å². The van der Waals surface area contributed by atoms with Crippen molar-refractivity contribution in [1.29, 1.82) is 0 Å². The molecule has 0 aliphatic rings. The molecule has 2 rings (SSSR count). The molecule has 1 aromatic heterocycles. The van der Waals surface area contributed by atoms with E-state index in [9.17, 15) is 5.21 Å². The van der Waals surface area contributed by atoms with Gasteiger partial charge in [0.1, 0.15) is 0 Å². The smallest absolute Gasteiger partial charge is 0.255 e. The first-order valence-electron chi connectivity index (χ1n) is 3.44. The molecule has 1 heterocycles. The van der Waals surface area contributed by atoms with E-state index >= 15 is 0 Å². The second-order valence-corrected chi connectivity index (χ2v) is 2.35. The third-order valence-electron chi connectivity index (χ3n) is 1.67. The number of aromatic nitrogens is 2. The minimum Gasteiger partial charge on any atom is -0.359 e. The summed E-state index contributed by atoms with van der Waals surface area (Å²) in [6, 6.07) is 5.22. The number of rotatable bonds is 1. The van der Waals surface area contributed by atoms with Crippen LogP contribution in [0.1, 0.15) is 5.56 Å². The van der Waals surface area contributed by atoms with Crippen LogP contribution in [0.2, 0.25) is 0 Å². The lowest BCUT2D eigenvalue weighted by molar-refractivity contribution is -0.782. The second-order valence-electron chi connectivity index (χ2n) is 2.35. The van der Waals surface area contributed by atoms with Crippen LogP contribution in [0, 0.1) is 5.21 Å². The molecule has 4 heteroatoms. The maximum atomic E-state index is 10.9. The molecule has 0 unspecified atom stereocenters. The van der Waals surface area contributed by atoms with E-state index in [2.05, 4.69) is 16.4 Å². The lowest BCUT2D eigenvalue weighted by atomic mass is 10.2. The van der Waals surface area contributed by atoms with Gasteiger partial charge in [-0.15, -0.1) is 0 Å². The number of nitrogens with zero attached hydrogens (tertiary/aromatic N) is 2. The Labute approximate surface area is 68.2 Å². The Balaban J connectivity index is 2.89. The summed E-state index contributed by atoms with van der Waals surface area (Å²) in [5.41, 5.74) is 1.76. The molecule has 0 spiro atoms. The summed E-state index contributed by atoms with van der Waals surface area (Å²) in [5, 5.41) is 14.5. The van der Waals surface area contributed by atoms with Crippen LogP contribution < -0.4 is 4.90 Å². The molecule has 0 amide bonds. The van der Waals surface area contributed by atoms with Crippen molar-refractivity contribution in [2.75, 3.05) is 0 Å². The first-order chi connectivity index (χ1) is 5.83. The predicted octanol–water partition coefficient (Wildman–Crippen LogP) is 1.10. The van der Waals surface area contributed by atoms with Crippen LogP contribution in [0.4, 0.5) is 0 Å². The summed E-state index contributed by atoms with van der Waals surface area (Å²) < 4.78 is 4.42. The highest BCUT2D eigenvalue weighted by molar-refractivity contribution is 5.81. The van der Waals surface area contributed by atoms with Crippen molar-refractivity contribution >= 4 is 17.1 Å². The molecule has 0 saturated heterocycles. The molecule has 0 fully saturated rings. The van der Waals surface area contributed by atoms with Gasteiger partial charge in [-0.25, -0.2) is 0 Å². The molecule has 0 N–H and O–H groups in total. The number of fused-ring (bicyclic) bond motifs is 1. The van der Waals surface area contributed by atoms with Crippen molar-refractivity contribution in [3.63, 3.8) is 0 Å². The van der Waals surface area contributed by atoms with Gasteiger partial charge < -0.3 is 5.21 Å². The molecular formula is C8H6N2O2. The number of hydrogen-bond donors (Lipinski definition) is 0. The van der Waals surface area contributed by atoms with E-state index in [-0.39, 0.29) is 0 Å². The Morgan fingerprint density at radius 1 is 1.58 bits per heavy atom. The third kappa shape index (κ3) is 0.780. The summed E-state index contributed by atoms with van der Waals surface area (Å²) in [7, 11) is 0. The van der Waals surface area contributed by atoms with E-state index in [4.69, 9.17) is 0 Å². The summed E-state index contributed by atoms with van der Waals surface area (Å²) in [5.74, 6) is 0. The molecule has 60 valence electrons. The molecule has 0 saturated carbocycles. The van der Waals surface area contributed by atoms with E-state index in [1.807, 2.05) is 6.07 Å². The van der Waals surface area contributed by atoms with Crippen LogP contribution in [0.15, 0.2) is 29.4 Å². The highest BCUT2D eigenvalue weighted by Crippen LogP contribution is 2.13. The highest BCUT2D eigenvalue weighted by atomic mass is 16.8. The maximum absolute atomic E-state index is 10.9. The summed E-state index contributed by atoms with van der Waals surface area (Å²) in [6.07, 6.45) is 1.63. The quantitative estimate of drug-likeness (QED) is 0.590. The Kier molecular flexibility index (Phi) is 1.33. The Morgan fingerprint density at radius 3 is 3.17 bits per heavy atom. The molecule has 12 heavy (non-hydrogen) atoms. The normalized spacial score (nSPS) is 10.3. The zero-order valence-electron chi connectivity index (χ0n) is 6.23. The van der Waals surface area contributed by atoms with E-state index in [1.54, 1.807) is 18.2 Å². The van der Waals surface area contributed by atoms with Gasteiger partial charge in [0.05, 0.1) is 0 Å². The third-order valence-corrected chi connectivity index (χ3v) is 1.67. The van der Waals surface area contributed by atoms with Crippen LogP contribution in [-0.2, 0) is 0 Å². The zero-order valence-corrected chi connectivity index (χ0v) is 6.23. The number of hydrogen-bond acceptors (Lipinski definition) is 3. The fourth-order valence-corrected chi connectivity index (χ4v) is 1.08. The molecule has 0 bridgehead atoms. The van der Waals surface area contributed by atoms with E-state index < -0.39 is 0 Å². The summed E-state index contributed by atoms with van der Waals surface area (Å²) in [4.78, 5) is 0.377. The van der Waals surface area contributed by atoms with Gasteiger partial charge in [-0.05, 0) is 11.0 Å². The molecule has 1 aromatic carbocycles. The molecule has 4 nitrogen and oxygen atoms in total. The van der Waals surface area contributed by atoms with E-state index in [1.165, 1.54) is 0 Å². The first kappa shape index (κ1) is 6.84. The molecule has 0 atom stereocenters. The minimum atomic E-state index is 0.377. The van der Waals surface area contributed by atoms with Crippen LogP contribution in [0.25, 0.3) is 17.1 Å². The van der Waals surface area contributed by atoms with Crippen molar-refractivity contribution in [3.8, 4) is 0 Å². The van der Waals surface area contributed by atoms with Gasteiger partial charge in [0.2, 0.25) is 5.52 Å². The Bertz CT molecular complexity index is 434. The minimum absolute atomic E-state index is 0.377. The molecule has 0 aliphatic carbocycles. The van der Waals surface area contributed by atoms with Gasteiger partial charge in [0, 0.05) is 10.7 Å². The fourth-order valence-electron chi connectivity index (χ4n) is 1.08. The molecule has 0 aliphatic heterocycles. The lowest BCUT2D eigenvalue weighted by Crippen LogP contribution is -2.22.